The third-order valence-electron chi connectivity index (χ3n) is 5.25. The highest BCUT2D eigenvalue weighted by atomic mass is 19.4. The first kappa shape index (κ1) is 26.4. The minimum absolute atomic E-state index is 0.174. The van der Waals surface area contributed by atoms with Gasteiger partial charge >= 0.3 is 6.18 Å². The van der Waals surface area contributed by atoms with Gasteiger partial charge in [-0.05, 0) is 54.8 Å². The van der Waals surface area contributed by atoms with E-state index in [4.69, 9.17) is 0 Å². The van der Waals surface area contributed by atoms with Crippen molar-refractivity contribution in [1.29, 1.82) is 0 Å². The van der Waals surface area contributed by atoms with Crippen molar-refractivity contribution in [3.63, 3.8) is 0 Å². The highest BCUT2D eigenvalue weighted by molar-refractivity contribution is 6.08. The molecule has 3 rings (SSSR count). The lowest BCUT2D eigenvalue weighted by Gasteiger charge is -2.14. The van der Waals surface area contributed by atoms with Crippen LogP contribution in [0.25, 0.3) is 11.1 Å². The number of aromatic nitrogens is 1. The molecular weight excluding hydrogens is 473 g/mol. The Hall–Kier alpha value is -4.21. The molecule has 3 aromatic rings. The number of hydrogen-bond donors (Lipinski definition) is 3. The first-order chi connectivity index (χ1) is 17.1. The van der Waals surface area contributed by atoms with Gasteiger partial charge in [-0.3, -0.25) is 14.4 Å². The van der Waals surface area contributed by atoms with Crippen molar-refractivity contribution in [1.82, 2.24) is 15.6 Å². The smallest absolute Gasteiger partial charge is 0.354 e. The van der Waals surface area contributed by atoms with Crippen LogP contribution in [0.3, 0.4) is 0 Å². The van der Waals surface area contributed by atoms with Gasteiger partial charge in [0.25, 0.3) is 11.8 Å². The van der Waals surface area contributed by atoms with Crippen LogP contribution in [0, 0.1) is 0 Å². The number of benzene rings is 2. The average molecular weight is 499 g/mol. The molecular formula is C26H25F3N4O3. The van der Waals surface area contributed by atoms with Gasteiger partial charge in [-0.2, -0.15) is 13.2 Å². The molecule has 0 saturated carbocycles. The van der Waals surface area contributed by atoms with Crippen LogP contribution in [0.1, 0.15) is 46.5 Å². The molecule has 0 aliphatic rings. The van der Waals surface area contributed by atoms with E-state index in [9.17, 15) is 27.6 Å². The molecule has 1 aromatic heterocycles. The average Bonchev–Trinajstić information content (AvgIpc) is 2.87. The van der Waals surface area contributed by atoms with Crippen molar-refractivity contribution >= 4 is 23.5 Å². The predicted octanol–water partition coefficient (Wildman–Crippen LogP) is 4.66. The maximum absolute atomic E-state index is 12.9. The summed E-state index contributed by atoms with van der Waals surface area (Å²) in [5.74, 6) is -1.13. The van der Waals surface area contributed by atoms with Crippen LogP contribution in [0.4, 0.5) is 19.0 Å². The van der Waals surface area contributed by atoms with Crippen molar-refractivity contribution in [2.75, 3.05) is 11.9 Å². The van der Waals surface area contributed by atoms with Crippen molar-refractivity contribution in [2.45, 2.75) is 32.5 Å². The Kier molecular flexibility index (Phi) is 8.42. The summed E-state index contributed by atoms with van der Waals surface area (Å²) in [5.41, 5.74) is 0.569. The number of hydrogen-bond acceptors (Lipinski definition) is 4. The summed E-state index contributed by atoms with van der Waals surface area (Å²) in [5, 5.41) is 7.90. The molecule has 0 radical (unpaired) electrons. The van der Waals surface area contributed by atoms with Crippen LogP contribution >= 0.6 is 0 Å². The number of amides is 3. The number of carbonyl (C=O) groups excluding carboxylic acids is 3. The van der Waals surface area contributed by atoms with Crippen LogP contribution in [-0.4, -0.2) is 35.3 Å². The van der Waals surface area contributed by atoms with E-state index in [0.717, 1.165) is 18.6 Å². The molecule has 0 spiro atoms. The van der Waals surface area contributed by atoms with E-state index in [-0.39, 0.29) is 22.9 Å². The quantitative estimate of drug-likeness (QED) is 0.421. The number of carbonyl (C=O) groups is 3. The van der Waals surface area contributed by atoms with Crippen LogP contribution in [0.2, 0.25) is 0 Å². The van der Waals surface area contributed by atoms with Crippen molar-refractivity contribution in [2.24, 2.45) is 0 Å². The van der Waals surface area contributed by atoms with Crippen LogP contribution in [-0.2, 0) is 11.0 Å². The van der Waals surface area contributed by atoms with Gasteiger partial charge in [0.1, 0.15) is 11.9 Å². The molecule has 1 heterocycles. The lowest BCUT2D eigenvalue weighted by Crippen LogP contribution is -2.45. The Labute approximate surface area is 206 Å². The van der Waals surface area contributed by atoms with Crippen molar-refractivity contribution in [3.05, 3.63) is 83.6 Å². The first-order valence-corrected chi connectivity index (χ1v) is 11.2. The number of alkyl halides is 3. The van der Waals surface area contributed by atoms with E-state index in [0.29, 0.717) is 17.7 Å². The molecule has 0 aliphatic carbocycles. The monoisotopic (exact) mass is 498 g/mol. The van der Waals surface area contributed by atoms with E-state index >= 15 is 0 Å². The molecule has 1 unspecified atom stereocenters. The fraction of sp³-hybridized carbons (Fsp3) is 0.231. The molecule has 3 N–H and O–H groups in total. The standard InChI is InChI=1S/C26H25F3N4O3/c1-3-14-30-23(34)16(2)32-24(35)18-10-13-22(31-15-18)33-25(36)21-7-5-4-6-20(21)17-8-11-19(12-9-17)26(27,28)29/h4-13,15-16H,3,14H2,1-2H3,(H,30,34)(H,32,35)(H,31,33,36). The maximum atomic E-state index is 12.9. The number of halogens is 3. The normalized spacial score (nSPS) is 11.9. The molecule has 7 nitrogen and oxygen atoms in total. The number of nitrogens with one attached hydrogen (secondary N) is 3. The fourth-order valence-corrected chi connectivity index (χ4v) is 3.30. The highest BCUT2D eigenvalue weighted by Crippen LogP contribution is 2.32. The van der Waals surface area contributed by atoms with Gasteiger partial charge in [0.05, 0.1) is 11.1 Å². The van der Waals surface area contributed by atoms with Crippen LogP contribution in [0.5, 0.6) is 0 Å². The molecule has 3 amide bonds. The van der Waals surface area contributed by atoms with Gasteiger partial charge in [-0.15, -0.1) is 0 Å². The largest absolute Gasteiger partial charge is 0.416 e. The van der Waals surface area contributed by atoms with Gasteiger partial charge in [-0.25, -0.2) is 4.98 Å². The summed E-state index contributed by atoms with van der Waals surface area (Å²) in [6.45, 7) is 4.00. The van der Waals surface area contributed by atoms with Gasteiger partial charge in [0.2, 0.25) is 5.91 Å². The van der Waals surface area contributed by atoms with Gasteiger partial charge in [0.15, 0.2) is 0 Å². The van der Waals surface area contributed by atoms with E-state index in [1.54, 1.807) is 31.2 Å². The van der Waals surface area contributed by atoms with E-state index in [2.05, 4.69) is 20.9 Å². The second-order valence-corrected chi connectivity index (χ2v) is 7.99. The second kappa shape index (κ2) is 11.5. The second-order valence-electron chi connectivity index (χ2n) is 7.99. The third-order valence-corrected chi connectivity index (χ3v) is 5.25. The molecule has 188 valence electrons. The van der Waals surface area contributed by atoms with Crippen LogP contribution in [0.15, 0.2) is 66.9 Å². The van der Waals surface area contributed by atoms with Gasteiger partial charge in [-0.1, -0.05) is 37.3 Å². The first-order valence-electron chi connectivity index (χ1n) is 11.2. The van der Waals surface area contributed by atoms with E-state index < -0.39 is 29.6 Å². The summed E-state index contributed by atoms with van der Waals surface area (Å²) in [7, 11) is 0. The minimum Gasteiger partial charge on any atom is -0.354 e. The Morgan fingerprint density at radius 2 is 1.64 bits per heavy atom. The summed E-state index contributed by atoms with van der Waals surface area (Å²) >= 11 is 0. The van der Waals surface area contributed by atoms with Crippen LogP contribution < -0.4 is 16.0 Å². The zero-order valence-corrected chi connectivity index (χ0v) is 19.6. The number of nitrogens with zero attached hydrogens (tertiary/aromatic N) is 1. The summed E-state index contributed by atoms with van der Waals surface area (Å²) in [4.78, 5) is 41.3. The Morgan fingerprint density at radius 1 is 0.944 bits per heavy atom. The number of anilines is 1. The summed E-state index contributed by atoms with van der Waals surface area (Å²) < 4.78 is 38.6. The predicted molar refractivity (Wildman–Crippen MR) is 129 cm³/mol. The number of rotatable bonds is 8. The van der Waals surface area contributed by atoms with Crippen molar-refractivity contribution in [3.8, 4) is 11.1 Å². The molecule has 0 bridgehead atoms. The molecule has 0 aliphatic heterocycles. The SMILES string of the molecule is CCCNC(=O)C(C)NC(=O)c1ccc(NC(=O)c2ccccc2-c2ccc(C(F)(F)F)cc2)nc1. The zero-order chi connectivity index (χ0) is 26.3. The Bertz CT molecular complexity index is 1230. The third kappa shape index (κ3) is 6.68. The molecule has 1 atom stereocenters. The highest BCUT2D eigenvalue weighted by Gasteiger charge is 2.30. The lowest BCUT2D eigenvalue weighted by atomic mass is 9.98. The molecule has 10 heteroatoms. The fourth-order valence-electron chi connectivity index (χ4n) is 3.30. The lowest BCUT2D eigenvalue weighted by molar-refractivity contribution is -0.137. The Morgan fingerprint density at radius 3 is 2.25 bits per heavy atom. The van der Waals surface area contributed by atoms with E-state index in [1.165, 1.54) is 30.5 Å². The molecule has 0 saturated heterocycles. The van der Waals surface area contributed by atoms with Gasteiger partial charge in [0, 0.05) is 18.3 Å². The summed E-state index contributed by atoms with van der Waals surface area (Å²) in [6, 6.07) is 13.2. The zero-order valence-electron chi connectivity index (χ0n) is 19.6. The summed E-state index contributed by atoms with van der Waals surface area (Å²) in [6.07, 6.45) is -2.41. The van der Waals surface area contributed by atoms with Crippen molar-refractivity contribution < 1.29 is 27.6 Å². The molecule has 2 aromatic carbocycles. The topological polar surface area (TPSA) is 100 Å². The molecule has 36 heavy (non-hydrogen) atoms. The number of pyridine rings is 1. The molecule has 0 fully saturated rings. The van der Waals surface area contributed by atoms with E-state index in [1.807, 2.05) is 6.92 Å². The van der Waals surface area contributed by atoms with Gasteiger partial charge < -0.3 is 16.0 Å². The Balaban J connectivity index is 1.69. The minimum atomic E-state index is -4.45. The maximum Gasteiger partial charge on any atom is 0.416 e.